The Morgan fingerprint density at radius 3 is 1.34 bits per heavy atom. The molecule has 276 valence electrons. The quantitative estimate of drug-likeness (QED) is 0.160. The number of nitrogens with zero attached hydrogens (tertiary/aromatic N) is 2. The van der Waals surface area contributed by atoms with Gasteiger partial charge in [0.25, 0.3) is 0 Å². The van der Waals surface area contributed by atoms with E-state index in [4.69, 9.17) is 18.3 Å². The largest absolute Gasteiger partial charge is 2.00 e. The van der Waals surface area contributed by atoms with Gasteiger partial charge < -0.3 is 39.5 Å². The Hall–Kier alpha value is -4.52. The predicted octanol–water partition coefficient (Wildman–Crippen LogP) is 4.12. The van der Waals surface area contributed by atoms with Crippen molar-refractivity contribution in [3.05, 3.63) is 93.2 Å². The van der Waals surface area contributed by atoms with Gasteiger partial charge in [-0.25, -0.2) is 0 Å². The Labute approximate surface area is 318 Å². The van der Waals surface area contributed by atoms with E-state index in [2.05, 4.69) is 9.80 Å². The van der Waals surface area contributed by atoms with Crippen LogP contribution in [0, 0.1) is 0 Å². The molecule has 2 aliphatic heterocycles. The van der Waals surface area contributed by atoms with Crippen LogP contribution in [0.25, 0.3) is 43.9 Å². The van der Waals surface area contributed by atoms with Gasteiger partial charge in [-0.05, 0) is 88.3 Å². The van der Waals surface area contributed by atoms with Gasteiger partial charge in [0.05, 0.1) is 21.5 Å². The number of ether oxygens (including phenoxy) is 2. The second-order valence-corrected chi connectivity index (χ2v) is 12.9. The number of likely N-dealkylation sites (tertiary alicyclic amines) is 2. The number of hydrogen-bond acceptors (Lipinski definition) is 10. The molecule has 2 saturated heterocycles. The second kappa shape index (κ2) is 19.0. The third-order valence-electron chi connectivity index (χ3n) is 9.52. The summed E-state index contributed by atoms with van der Waals surface area (Å²) in [4.78, 5) is 29.9. The van der Waals surface area contributed by atoms with Crippen LogP contribution in [0.5, 0.6) is 23.0 Å². The number of piperidine rings is 2. The zero-order chi connectivity index (χ0) is 34.5. The summed E-state index contributed by atoms with van der Waals surface area (Å²) in [6.45, 7) is 7.57. The molecule has 8 rings (SSSR count). The number of hydrogen-bond donors (Lipinski definition) is 0. The molecule has 4 N–H and O–H groups in total. The zero-order valence-electron chi connectivity index (χ0n) is 29.7. The average Bonchev–Trinajstić information content (AvgIpc) is 3.13. The normalized spacial score (nSPS) is 14.8. The number of rotatable bonds is 8. The van der Waals surface area contributed by atoms with Crippen molar-refractivity contribution < 1.29 is 59.0 Å². The molecule has 2 aromatic heterocycles. The summed E-state index contributed by atoms with van der Waals surface area (Å²) in [5.74, 6) is 0.723. The van der Waals surface area contributed by atoms with Crippen molar-refractivity contribution in [3.63, 3.8) is 0 Å². The first-order valence-corrected chi connectivity index (χ1v) is 17.5. The minimum absolute atomic E-state index is 0. The molecule has 0 atom stereocenters. The van der Waals surface area contributed by atoms with Crippen LogP contribution in [-0.4, -0.2) is 73.2 Å². The maximum atomic E-state index is 12.5. The molecule has 53 heavy (non-hydrogen) atoms. The fourth-order valence-corrected chi connectivity index (χ4v) is 6.83. The summed E-state index contributed by atoms with van der Waals surface area (Å²) in [6, 6.07) is 19.5. The molecule has 12 nitrogen and oxygen atoms in total. The summed E-state index contributed by atoms with van der Waals surface area (Å²) in [5, 5.41) is 24.8. The van der Waals surface area contributed by atoms with Crippen molar-refractivity contribution in [2.75, 3.05) is 52.5 Å². The Kier molecular flexibility index (Phi) is 14.8. The first kappa shape index (κ1) is 41.2. The standard InChI is InChI=1S/2C20H21NO4.2H2O.Zn/c2*22-16-5-4-6-17-19(16)20(23)15-8-7-14(13-18(15)25-17)24-12-11-21-9-2-1-3-10-21;;;/h2*4-8,13,22H,1-3,9-12H2;2*1H2;/q;;;;+2/p-2. The van der Waals surface area contributed by atoms with Crippen LogP contribution >= 0.6 is 0 Å². The molecule has 0 spiro atoms. The van der Waals surface area contributed by atoms with Crippen molar-refractivity contribution in [2.24, 2.45) is 0 Å². The summed E-state index contributed by atoms with van der Waals surface area (Å²) in [7, 11) is 0. The van der Waals surface area contributed by atoms with Crippen LogP contribution in [0.1, 0.15) is 38.5 Å². The van der Waals surface area contributed by atoms with Crippen LogP contribution < -0.4 is 30.5 Å². The van der Waals surface area contributed by atoms with E-state index in [9.17, 15) is 19.8 Å². The van der Waals surface area contributed by atoms with Crippen LogP contribution in [0.3, 0.4) is 0 Å². The topological polar surface area (TPSA) is 194 Å². The molecule has 4 aromatic carbocycles. The van der Waals surface area contributed by atoms with Crippen molar-refractivity contribution >= 4 is 43.9 Å². The van der Waals surface area contributed by atoms with Gasteiger partial charge in [0.15, 0.2) is 10.9 Å². The second-order valence-electron chi connectivity index (χ2n) is 12.9. The molecule has 2 aliphatic rings. The van der Waals surface area contributed by atoms with Gasteiger partial charge in [0, 0.05) is 25.2 Å². The van der Waals surface area contributed by atoms with Gasteiger partial charge in [-0.3, -0.25) is 19.4 Å². The van der Waals surface area contributed by atoms with Crippen molar-refractivity contribution in [2.45, 2.75) is 38.5 Å². The van der Waals surface area contributed by atoms with E-state index in [1.165, 1.54) is 50.7 Å². The van der Waals surface area contributed by atoms with Gasteiger partial charge in [0.1, 0.15) is 47.0 Å². The summed E-state index contributed by atoms with van der Waals surface area (Å²) < 4.78 is 23.2. The van der Waals surface area contributed by atoms with Gasteiger partial charge in [0.2, 0.25) is 0 Å². The van der Waals surface area contributed by atoms with E-state index in [-0.39, 0.29) is 63.6 Å². The van der Waals surface area contributed by atoms with E-state index in [1.54, 1.807) is 60.7 Å². The molecule has 13 heteroatoms. The summed E-state index contributed by atoms with van der Waals surface area (Å²) >= 11 is 0. The third kappa shape index (κ3) is 9.54. The Balaban J connectivity index is 0.000000224. The summed E-state index contributed by atoms with van der Waals surface area (Å²) in [6.07, 6.45) is 7.68. The van der Waals surface area contributed by atoms with Crippen LogP contribution in [0.15, 0.2) is 91.2 Å². The van der Waals surface area contributed by atoms with Crippen LogP contribution in [0.2, 0.25) is 0 Å². The van der Waals surface area contributed by atoms with Crippen molar-refractivity contribution in [1.29, 1.82) is 0 Å². The van der Waals surface area contributed by atoms with E-state index in [1.807, 2.05) is 0 Å². The van der Waals surface area contributed by atoms with Gasteiger partial charge in [-0.2, -0.15) is 0 Å². The minimum atomic E-state index is -0.310. The maximum absolute atomic E-state index is 12.5. The molecule has 0 aliphatic carbocycles. The molecule has 0 saturated carbocycles. The SMILES string of the molecule is O.O.O=c1c2ccc(OCCN3CCCCC3)cc2oc2cccc([O-])c12.O=c1c2ccc(OCCN3CCCCC3)cc2oc2cccc([O-])c12.[Zn+2]. The molecular weight excluding hydrogens is 734 g/mol. The van der Waals surface area contributed by atoms with E-state index in [0.29, 0.717) is 57.8 Å². The minimum Gasteiger partial charge on any atom is -0.872 e. The third-order valence-corrected chi connectivity index (χ3v) is 9.52. The predicted molar refractivity (Wildman–Crippen MR) is 198 cm³/mol. The fourth-order valence-electron chi connectivity index (χ4n) is 6.83. The van der Waals surface area contributed by atoms with E-state index >= 15 is 0 Å². The zero-order valence-corrected chi connectivity index (χ0v) is 32.7. The molecule has 0 unspecified atom stereocenters. The molecule has 0 amide bonds. The van der Waals surface area contributed by atoms with Crippen molar-refractivity contribution in [3.8, 4) is 23.0 Å². The maximum Gasteiger partial charge on any atom is 2.00 e. The molecule has 6 aromatic rings. The van der Waals surface area contributed by atoms with Gasteiger partial charge in [-0.15, -0.1) is 0 Å². The average molecular weight is 778 g/mol. The first-order valence-electron chi connectivity index (χ1n) is 17.5. The van der Waals surface area contributed by atoms with Gasteiger partial charge >= 0.3 is 19.5 Å². The molecule has 4 heterocycles. The first-order chi connectivity index (χ1) is 24.4. The molecule has 2 fully saturated rings. The Bertz CT molecular complexity index is 2090. The van der Waals surface area contributed by atoms with Crippen molar-refractivity contribution in [1.82, 2.24) is 9.80 Å². The smallest absolute Gasteiger partial charge is 0.872 e. The van der Waals surface area contributed by atoms with Crippen LogP contribution in [-0.2, 0) is 19.5 Å². The Morgan fingerprint density at radius 2 is 0.943 bits per heavy atom. The summed E-state index contributed by atoms with van der Waals surface area (Å²) in [5.41, 5.74) is 0.937. The molecule has 0 radical (unpaired) electrons. The molecule has 0 bridgehead atoms. The fraction of sp³-hybridized carbons (Fsp3) is 0.350. The van der Waals surface area contributed by atoms with E-state index < -0.39 is 0 Å². The number of fused-ring (bicyclic) bond motifs is 4. The van der Waals surface area contributed by atoms with E-state index in [0.717, 1.165) is 39.3 Å². The molecular formula is C40H44N2O10Zn. The van der Waals surface area contributed by atoms with Gasteiger partial charge in [-0.1, -0.05) is 48.6 Å². The number of benzene rings is 4. The van der Waals surface area contributed by atoms with Crippen LogP contribution in [0.4, 0.5) is 0 Å². The monoisotopic (exact) mass is 776 g/mol. The Morgan fingerprint density at radius 1 is 0.547 bits per heavy atom.